The Labute approximate surface area is 80.5 Å². The molecule has 1 saturated carbocycles. The SMILES string of the molecule is NCCN1CC2CCCC2(CN)C1. The third kappa shape index (κ3) is 1.49. The molecule has 1 aliphatic heterocycles. The fraction of sp³-hybridized carbons (Fsp3) is 1.00. The summed E-state index contributed by atoms with van der Waals surface area (Å²) in [7, 11) is 0. The molecule has 2 unspecified atom stereocenters. The number of hydrogen-bond acceptors (Lipinski definition) is 3. The summed E-state index contributed by atoms with van der Waals surface area (Å²) in [6, 6.07) is 0. The van der Waals surface area contributed by atoms with Crippen LogP contribution in [0.2, 0.25) is 0 Å². The Bertz CT molecular complexity index is 183. The van der Waals surface area contributed by atoms with Crippen molar-refractivity contribution in [2.24, 2.45) is 22.8 Å². The van der Waals surface area contributed by atoms with Gasteiger partial charge in [-0.15, -0.1) is 0 Å². The van der Waals surface area contributed by atoms with E-state index < -0.39 is 0 Å². The zero-order valence-electron chi connectivity index (χ0n) is 8.34. The van der Waals surface area contributed by atoms with E-state index in [1.54, 1.807) is 0 Å². The first kappa shape index (κ1) is 9.44. The molecule has 1 heterocycles. The zero-order valence-corrected chi connectivity index (χ0v) is 8.34. The molecule has 0 amide bonds. The maximum absolute atomic E-state index is 5.91. The van der Waals surface area contributed by atoms with Gasteiger partial charge < -0.3 is 16.4 Å². The van der Waals surface area contributed by atoms with Gasteiger partial charge in [0.1, 0.15) is 0 Å². The molecule has 0 aromatic rings. The van der Waals surface area contributed by atoms with E-state index in [1.165, 1.54) is 32.4 Å². The van der Waals surface area contributed by atoms with Gasteiger partial charge in [0.15, 0.2) is 0 Å². The number of rotatable bonds is 3. The van der Waals surface area contributed by atoms with Gasteiger partial charge in [0.2, 0.25) is 0 Å². The maximum atomic E-state index is 5.91. The van der Waals surface area contributed by atoms with Gasteiger partial charge in [0, 0.05) is 26.2 Å². The third-order valence-electron chi connectivity index (χ3n) is 3.96. The highest BCUT2D eigenvalue weighted by atomic mass is 15.2. The molecule has 2 aliphatic rings. The van der Waals surface area contributed by atoms with Crippen molar-refractivity contribution in [1.29, 1.82) is 0 Å². The fourth-order valence-electron chi connectivity index (χ4n) is 3.21. The molecule has 2 atom stereocenters. The fourth-order valence-corrected chi connectivity index (χ4v) is 3.21. The van der Waals surface area contributed by atoms with Crippen LogP contribution in [0, 0.1) is 11.3 Å². The van der Waals surface area contributed by atoms with Crippen molar-refractivity contribution in [2.45, 2.75) is 19.3 Å². The lowest BCUT2D eigenvalue weighted by Crippen LogP contribution is -2.36. The quantitative estimate of drug-likeness (QED) is 0.648. The lowest BCUT2D eigenvalue weighted by atomic mass is 9.81. The van der Waals surface area contributed by atoms with Crippen molar-refractivity contribution >= 4 is 0 Å². The minimum absolute atomic E-state index is 0.467. The molecule has 76 valence electrons. The first-order valence-corrected chi connectivity index (χ1v) is 5.43. The summed E-state index contributed by atoms with van der Waals surface area (Å²) in [5.41, 5.74) is 11.9. The lowest BCUT2D eigenvalue weighted by molar-refractivity contribution is 0.252. The van der Waals surface area contributed by atoms with E-state index in [0.717, 1.165) is 25.6 Å². The van der Waals surface area contributed by atoms with Crippen molar-refractivity contribution in [2.75, 3.05) is 32.7 Å². The first-order valence-electron chi connectivity index (χ1n) is 5.43. The predicted molar refractivity (Wildman–Crippen MR) is 54.3 cm³/mol. The minimum atomic E-state index is 0.467. The van der Waals surface area contributed by atoms with E-state index >= 15 is 0 Å². The zero-order chi connectivity index (χ0) is 9.31. The van der Waals surface area contributed by atoms with Crippen LogP contribution >= 0.6 is 0 Å². The second-order valence-corrected chi connectivity index (χ2v) is 4.68. The largest absolute Gasteiger partial charge is 0.330 e. The number of fused-ring (bicyclic) bond motifs is 1. The summed E-state index contributed by atoms with van der Waals surface area (Å²) in [6.07, 6.45) is 4.12. The molecule has 2 fully saturated rings. The summed E-state index contributed by atoms with van der Waals surface area (Å²) >= 11 is 0. The van der Waals surface area contributed by atoms with Gasteiger partial charge in [-0.05, 0) is 30.7 Å². The van der Waals surface area contributed by atoms with Gasteiger partial charge in [-0.2, -0.15) is 0 Å². The molecule has 0 bridgehead atoms. The summed E-state index contributed by atoms with van der Waals surface area (Å²) < 4.78 is 0. The number of nitrogens with two attached hydrogens (primary N) is 2. The van der Waals surface area contributed by atoms with Crippen LogP contribution in [0.5, 0.6) is 0 Å². The molecule has 13 heavy (non-hydrogen) atoms. The third-order valence-corrected chi connectivity index (χ3v) is 3.96. The van der Waals surface area contributed by atoms with E-state index in [4.69, 9.17) is 11.5 Å². The summed E-state index contributed by atoms with van der Waals surface area (Å²) in [5.74, 6) is 0.865. The van der Waals surface area contributed by atoms with Crippen LogP contribution in [-0.2, 0) is 0 Å². The Morgan fingerprint density at radius 3 is 2.85 bits per heavy atom. The molecule has 4 N–H and O–H groups in total. The molecular weight excluding hydrogens is 162 g/mol. The number of nitrogens with zero attached hydrogens (tertiary/aromatic N) is 1. The summed E-state index contributed by atoms with van der Waals surface area (Å²) in [6.45, 7) is 5.16. The second-order valence-electron chi connectivity index (χ2n) is 4.68. The normalized spacial score (nSPS) is 39.7. The lowest BCUT2D eigenvalue weighted by Gasteiger charge is -2.26. The molecule has 0 radical (unpaired) electrons. The van der Waals surface area contributed by atoms with Crippen LogP contribution in [-0.4, -0.2) is 37.6 Å². The van der Waals surface area contributed by atoms with Crippen molar-refractivity contribution in [1.82, 2.24) is 4.90 Å². The van der Waals surface area contributed by atoms with E-state index in [9.17, 15) is 0 Å². The predicted octanol–water partition coefficient (Wildman–Crippen LogP) is 0.00590. The molecule has 3 nitrogen and oxygen atoms in total. The maximum Gasteiger partial charge on any atom is 0.0105 e. The van der Waals surface area contributed by atoms with Crippen LogP contribution in [0.1, 0.15) is 19.3 Å². The smallest absolute Gasteiger partial charge is 0.0105 e. The highest BCUT2D eigenvalue weighted by molar-refractivity contribution is 5.01. The first-order chi connectivity index (χ1) is 6.30. The Balaban J connectivity index is 2.00. The Morgan fingerprint density at radius 1 is 1.38 bits per heavy atom. The van der Waals surface area contributed by atoms with Crippen molar-refractivity contribution in [3.05, 3.63) is 0 Å². The molecule has 1 aliphatic carbocycles. The molecule has 0 aromatic heterocycles. The van der Waals surface area contributed by atoms with Gasteiger partial charge >= 0.3 is 0 Å². The van der Waals surface area contributed by atoms with Crippen LogP contribution in [0.4, 0.5) is 0 Å². The van der Waals surface area contributed by atoms with Crippen LogP contribution in [0.3, 0.4) is 0 Å². The summed E-state index contributed by atoms with van der Waals surface area (Å²) in [5, 5.41) is 0. The van der Waals surface area contributed by atoms with Gasteiger partial charge in [-0.1, -0.05) is 6.42 Å². The Morgan fingerprint density at radius 2 is 2.23 bits per heavy atom. The molecule has 2 rings (SSSR count). The molecule has 0 aromatic carbocycles. The summed E-state index contributed by atoms with van der Waals surface area (Å²) in [4.78, 5) is 2.50. The molecule has 1 saturated heterocycles. The van der Waals surface area contributed by atoms with E-state index in [0.29, 0.717) is 5.41 Å². The van der Waals surface area contributed by atoms with Gasteiger partial charge in [-0.25, -0.2) is 0 Å². The highest BCUT2D eigenvalue weighted by Gasteiger charge is 2.47. The van der Waals surface area contributed by atoms with Gasteiger partial charge in [0.25, 0.3) is 0 Å². The van der Waals surface area contributed by atoms with E-state index in [1.807, 2.05) is 0 Å². The molecule has 3 heteroatoms. The van der Waals surface area contributed by atoms with Crippen molar-refractivity contribution in [3.63, 3.8) is 0 Å². The van der Waals surface area contributed by atoms with Crippen LogP contribution in [0.15, 0.2) is 0 Å². The topological polar surface area (TPSA) is 55.3 Å². The standard InChI is InChI=1S/C10H21N3/c11-4-5-13-6-9-2-1-3-10(9,7-12)8-13/h9H,1-8,11-12H2. The van der Waals surface area contributed by atoms with E-state index in [2.05, 4.69) is 4.90 Å². The monoisotopic (exact) mass is 183 g/mol. The Hall–Kier alpha value is -0.120. The molecule has 0 spiro atoms. The van der Waals surface area contributed by atoms with E-state index in [-0.39, 0.29) is 0 Å². The number of hydrogen-bond donors (Lipinski definition) is 2. The van der Waals surface area contributed by atoms with Crippen molar-refractivity contribution in [3.8, 4) is 0 Å². The number of likely N-dealkylation sites (tertiary alicyclic amines) is 1. The second kappa shape index (κ2) is 3.56. The van der Waals surface area contributed by atoms with Gasteiger partial charge in [-0.3, -0.25) is 0 Å². The Kier molecular flexibility index (Phi) is 2.58. The van der Waals surface area contributed by atoms with Crippen LogP contribution in [0.25, 0.3) is 0 Å². The van der Waals surface area contributed by atoms with Crippen LogP contribution < -0.4 is 11.5 Å². The minimum Gasteiger partial charge on any atom is -0.330 e. The highest BCUT2D eigenvalue weighted by Crippen LogP contribution is 2.47. The molecular formula is C10H21N3. The average Bonchev–Trinajstić information content (AvgIpc) is 2.61. The van der Waals surface area contributed by atoms with Gasteiger partial charge in [0.05, 0.1) is 0 Å². The average molecular weight is 183 g/mol. The van der Waals surface area contributed by atoms with Crippen molar-refractivity contribution < 1.29 is 0 Å².